The number of nitrogens with zero attached hydrogens (tertiary/aromatic N) is 3. The van der Waals surface area contributed by atoms with Crippen LogP contribution in [0.25, 0.3) is 10.6 Å². The zero-order valence-electron chi connectivity index (χ0n) is 17.5. The Hall–Kier alpha value is -3.67. The summed E-state index contributed by atoms with van der Waals surface area (Å²) < 4.78 is 49.7. The molecule has 2 aromatic carbocycles. The van der Waals surface area contributed by atoms with E-state index in [9.17, 15) is 22.8 Å². The van der Waals surface area contributed by atoms with Crippen molar-refractivity contribution in [3.63, 3.8) is 0 Å². The summed E-state index contributed by atoms with van der Waals surface area (Å²) in [5.41, 5.74) is -0.288. The highest BCUT2D eigenvalue weighted by atomic mass is 32.1. The highest BCUT2D eigenvalue weighted by molar-refractivity contribution is 7.18. The molecule has 2 aliphatic rings. The zero-order valence-corrected chi connectivity index (χ0v) is 18.3. The van der Waals surface area contributed by atoms with Crippen LogP contribution >= 0.6 is 11.3 Å². The Morgan fingerprint density at radius 3 is 2.74 bits per heavy atom. The number of fused-ring (bicyclic) bond motifs is 1. The SMILES string of the molecule is O=C(Nc1nnc(-c2ccc3c(c2)OCO3)s1)C1CCCN1C(=O)c1cccc(C(F)(F)F)c1. The van der Waals surface area contributed by atoms with Gasteiger partial charge in [-0.3, -0.25) is 14.9 Å². The molecule has 3 heterocycles. The Morgan fingerprint density at radius 1 is 1.09 bits per heavy atom. The Balaban J connectivity index is 1.29. The Bertz CT molecular complexity index is 1260. The van der Waals surface area contributed by atoms with Crippen molar-refractivity contribution >= 4 is 28.3 Å². The van der Waals surface area contributed by atoms with Gasteiger partial charge in [0.25, 0.3) is 5.91 Å². The van der Waals surface area contributed by atoms with Gasteiger partial charge in [0, 0.05) is 17.7 Å². The molecule has 0 spiro atoms. The standard InChI is InChI=1S/C22H17F3N4O4S/c23-22(24,25)14-4-1-3-13(9-14)20(31)29-8-2-5-15(29)18(30)26-21-28-27-19(34-21)12-6-7-16-17(10-12)33-11-32-16/h1,3-4,6-7,9-10,15H,2,5,8,11H2,(H,26,28,30). The van der Waals surface area contributed by atoms with Crippen molar-refractivity contribution in [1.29, 1.82) is 0 Å². The van der Waals surface area contributed by atoms with Gasteiger partial charge in [-0.05, 0) is 49.2 Å². The second kappa shape index (κ2) is 8.60. The van der Waals surface area contributed by atoms with Gasteiger partial charge in [-0.2, -0.15) is 13.2 Å². The molecule has 0 aliphatic carbocycles. The third kappa shape index (κ3) is 4.28. The number of anilines is 1. The van der Waals surface area contributed by atoms with E-state index in [-0.39, 0.29) is 24.0 Å². The number of alkyl halides is 3. The second-order valence-corrected chi connectivity index (χ2v) is 8.68. The van der Waals surface area contributed by atoms with Crippen molar-refractivity contribution in [3.8, 4) is 22.1 Å². The number of hydrogen-bond donors (Lipinski definition) is 1. The lowest BCUT2D eigenvalue weighted by Crippen LogP contribution is -2.43. The molecule has 1 aromatic heterocycles. The van der Waals surface area contributed by atoms with E-state index in [0.717, 1.165) is 29.0 Å². The van der Waals surface area contributed by atoms with Crippen LogP contribution in [0, 0.1) is 0 Å². The van der Waals surface area contributed by atoms with Gasteiger partial charge in [-0.15, -0.1) is 10.2 Å². The van der Waals surface area contributed by atoms with Crippen LogP contribution in [0.2, 0.25) is 0 Å². The monoisotopic (exact) mass is 490 g/mol. The minimum absolute atomic E-state index is 0.115. The molecule has 2 amide bonds. The maximum Gasteiger partial charge on any atom is 0.416 e. The fourth-order valence-corrected chi connectivity index (χ4v) is 4.63. The summed E-state index contributed by atoms with van der Waals surface area (Å²) in [5, 5.41) is 11.6. The van der Waals surface area contributed by atoms with Crippen LogP contribution < -0.4 is 14.8 Å². The van der Waals surface area contributed by atoms with E-state index in [0.29, 0.717) is 29.3 Å². The summed E-state index contributed by atoms with van der Waals surface area (Å²) in [7, 11) is 0. The highest BCUT2D eigenvalue weighted by Crippen LogP contribution is 2.37. The molecule has 0 radical (unpaired) electrons. The molecule has 1 N–H and O–H groups in total. The second-order valence-electron chi connectivity index (χ2n) is 7.70. The Morgan fingerprint density at radius 2 is 1.91 bits per heavy atom. The van der Waals surface area contributed by atoms with Crippen LogP contribution in [0.5, 0.6) is 11.5 Å². The number of amides is 2. The molecule has 1 unspecified atom stereocenters. The molecular formula is C22H17F3N4O4S. The molecule has 176 valence electrons. The van der Waals surface area contributed by atoms with Crippen LogP contribution in [0.1, 0.15) is 28.8 Å². The lowest BCUT2D eigenvalue weighted by molar-refractivity contribution is -0.137. The van der Waals surface area contributed by atoms with Crippen molar-refractivity contribution in [2.24, 2.45) is 0 Å². The van der Waals surface area contributed by atoms with E-state index in [1.807, 2.05) is 0 Å². The molecule has 0 bridgehead atoms. The minimum atomic E-state index is -4.56. The van der Waals surface area contributed by atoms with Crippen LogP contribution in [-0.4, -0.2) is 46.3 Å². The van der Waals surface area contributed by atoms with Crippen molar-refractivity contribution in [1.82, 2.24) is 15.1 Å². The van der Waals surface area contributed by atoms with Gasteiger partial charge in [0.05, 0.1) is 5.56 Å². The number of hydrogen-bond acceptors (Lipinski definition) is 7. The number of likely N-dealkylation sites (tertiary alicyclic amines) is 1. The first-order valence-corrected chi connectivity index (χ1v) is 11.1. The van der Waals surface area contributed by atoms with Gasteiger partial charge in [0.1, 0.15) is 11.0 Å². The highest BCUT2D eigenvalue weighted by Gasteiger charge is 2.36. The van der Waals surface area contributed by atoms with Gasteiger partial charge in [-0.1, -0.05) is 17.4 Å². The lowest BCUT2D eigenvalue weighted by Gasteiger charge is -2.24. The number of aromatic nitrogens is 2. The average Bonchev–Trinajstić information content (AvgIpc) is 3.57. The molecule has 1 saturated heterocycles. The minimum Gasteiger partial charge on any atom is -0.454 e. The molecule has 8 nitrogen and oxygen atoms in total. The van der Waals surface area contributed by atoms with Crippen LogP contribution in [0.4, 0.5) is 18.3 Å². The van der Waals surface area contributed by atoms with Gasteiger partial charge in [0.2, 0.25) is 17.8 Å². The van der Waals surface area contributed by atoms with Crippen molar-refractivity contribution in [2.75, 3.05) is 18.7 Å². The zero-order chi connectivity index (χ0) is 23.9. The molecular weight excluding hydrogens is 473 g/mol. The van der Waals surface area contributed by atoms with Crippen LogP contribution in [0.3, 0.4) is 0 Å². The van der Waals surface area contributed by atoms with Crippen LogP contribution in [-0.2, 0) is 11.0 Å². The van der Waals surface area contributed by atoms with E-state index in [1.165, 1.54) is 17.0 Å². The third-order valence-electron chi connectivity index (χ3n) is 5.53. The van der Waals surface area contributed by atoms with Gasteiger partial charge in [-0.25, -0.2) is 0 Å². The number of carbonyl (C=O) groups excluding carboxylic acids is 2. The van der Waals surface area contributed by atoms with Crippen molar-refractivity contribution < 1.29 is 32.2 Å². The quantitative estimate of drug-likeness (QED) is 0.590. The maximum absolute atomic E-state index is 13.0. The predicted molar refractivity (Wildman–Crippen MR) is 116 cm³/mol. The van der Waals surface area contributed by atoms with Gasteiger partial charge >= 0.3 is 6.18 Å². The Kier molecular flexibility index (Phi) is 5.60. The molecule has 0 saturated carbocycles. The molecule has 34 heavy (non-hydrogen) atoms. The van der Waals surface area contributed by atoms with E-state index in [1.54, 1.807) is 18.2 Å². The molecule has 12 heteroatoms. The summed E-state index contributed by atoms with van der Waals surface area (Å²) in [6.45, 7) is 0.416. The number of nitrogens with one attached hydrogen (secondary N) is 1. The molecule has 1 atom stereocenters. The Labute approximate surface area is 195 Å². The average molecular weight is 490 g/mol. The maximum atomic E-state index is 13.0. The summed E-state index contributed by atoms with van der Waals surface area (Å²) in [6, 6.07) is 8.70. The van der Waals surface area contributed by atoms with E-state index in [4.69, 9.17) is 9.47 Å². The van der Waals surface area contributed by atoms with Crippen molar-refractivity contribution in [3.05, 3.63) is 53.6 Å². The largest absolute Gasteiger partial charge is 0.454 e. The number of carbonyl (C=O) groups is 2. The van der Waals surface area contributed by atoms with E-state index >= 15 is 0 Å². The first-order valence-electron chi connectivity index (χ1n) is 10.3. The van der Waals surface area contributed by atoms with Gasteiger partial charge in [0.15, 0.2) is 11.5 Å². The predicted octanol–water partition coefficient (Wildman–Crippen LogP) is 4.20. The normalized spacial score (nSPS) is 17.1. The number of benzene rings is 2. The van der Waals surface area contributed by atoms with E-state index < -0.39 is 29.6 Å². The molecule has 2 aliphatic heterocycles. The number of halogens is 3. The molecule has 1 fully saturated rings. The van der Waals surface area contributed by atoms with Gasteiger partial charge < -0.3 is 14.4 Å². The fraction of sp³-hybridized carbons (Fsp3) is 0.273. The summed E-state index contributed by atoms with van der Waals surface area (Å²) in [6.07, 6.45) is -3.61. The lowest BCUT2D eigenvalue weighted by atomic mass is 10.1. The van der Waals surface area contributed by atoms with Crippen molar-refractivity contribution in [2.45, 2.75) is 25.1 Å². The molecule has 5 rings (SSSR count). The third-order valence-corrected chi connectivity index (χ3v) is 6.42. The summed E-state index contributed by atoms with van der Waals surface area (Å²) >= 11 is 1.15. The number of ether oxygens (including phenoxy) is 2. The first kappa shape index (κ1) is 22.1. The van der Waals surface area contributed by atoms with Crippen LogP contribution in [0.15, 0.2) is 42.5 Å². The summed E-state index contributed by atoms with van der Waals surface area (Å²) in [5.74, 6) is 0.134. The van der Waals surface area contributed by atoms with E-state index in [2.05, 4.69) is 15.5 Å². The molecule has 3 aromatic rings. The smallest absolute Gasteiger partial charge is 0.416 e. The topological polar surface area (TPSA) is 93.7 Å². The number of rotatable bonds is 4. The first-order chi connectivity index (χ1) is 16.3. The fourth-order valence-electron chi connectivity index (χ4n) is 3.89. The summed E-state index contributed by atoms with van der Waals surface area (Å²) in [4.78, 5) is 27.1.